The number of nitrogens with zero attached hydrogens (tertiary/aromatic N) is 2. The normalized spacial score (nSPS) is 21.6. The van der Waals surface area contributed by atoms with Crippen molar-refractivity contribution in [3.05, 3.63) is 12.3 Å². The predicted octanol–water partition coefficient (Wildman–Crippen LogP) is 2.18. The van der Waals surface area contributed by atoms with Gasteiger partial charge in [0, 0.05) is 43.8 Å². The minimum atomic E-state index is 0.288. The second-order valence-corrected chi connectivity index (χ2v) is 5.93. The third kappa shape index (κ3) is 1.95. The van der Waals surface area contributed by atoms with Gasteiger partial charge in [-0.1, -0.05) is 13.5 Å². The molecule has 0 aromatic carbocycles. The van der Waals surface area contributed by atoms with Crippen LogP contribution in [0.3, 0.4) is 0 Å². The topological polar surface area (TPSA) is 6.48 Å². The Morgan fingerprint density at radius 1 is 1.29 bits per heavy atom. The van der Waals surface area contributed by atoms with E-state index in [1.165, 1.54) is 5.70 Å². The van der Waals surface area contributed by atoms with Gasteiger partial charge in [0.25, 0.3) is 0 Å². The van der Waals surface area contributed by atoms with E-state index in [2.05, 4.69) is 58.2 Å². The fourth-order valence-corrected chi connectivity index (χ4v) is 1.99. The molecule has 1 aliphatic heterocycles. The molecule has 1 rings (SSSR count). The molecule has 0 saturated carbocycles. The molecule has 0 aromatic heterocycles. The van der Waals surface area contributed by atoms with Gasteiger partial charge in [0.15, 0.2) is 0 Å². The molecular formula is C12H24N2. The molecule has 0 bridgehead atoms. The lowest BCUT2D eigenvalue weighted by Crippen LogP contribution is -2.63. The Morgan fingerprint density at radius 3 is 2.00 bits per heavy atom. The summed E-state index contributed by atoms with van der Waals surface area (Å²) in [4.78, 5) is 4.64. The van der Waals surface area contributed by atoms with E-state index in [1.807, 2.05) is 0 Å². The Bertz CT molecular complexity index is 229. The van der Waals surface area contributed by atoms with E-state index in [0.29, 0.717) is 5.54 Å². The molecule has 82 valence electrons. The lowest BCUT2D eigenvalue weighted by molar-refractivity contribution is -0.0364. The van der Waals surface area contributed by atoms with Crippen molar-refractivity contribution in [2.45, 2.75) is 33.2 Å². The molecule has 14 heavy (non-hydrogen) atoms. The van der Waals surface area contributed by atoms with Crippen LogP contribution in [0.4, 0.5) is 0 Å². The Morgan fingerprint density at radius 2 is 1.71 bits per heavy atom. The van der Waals surface area contributed by atoms with E-state index in [0.717, 1.165) is 13.1 Å². The van der Waals surface area contributed by atoms with E-state index in [9.17, 15) is 0 Å². The summed E-state index contributed by atoms with van der Waals surface area (Å²) in [5.41, 5.74) is 1.83. The summed E-state index contributed by atoms with van der Waals surface area (Å²) in [6.07, 6.45) is 0. The average Bonchev–Trinajstić information content (AvgIpc) is 1.95. The van der Waals surface area contributed by atoms with Gasteiger partial charge in [0.05, 0.1) is 0 Å². The van der Waals surface area contributed by atoms with Crippen LogP contribution in [0.2, 0.25) is 0 Å². The molecule has 1 aliphatic rings. The fraction of sp³-hybridized carbons (Fsp3) is 0.833. The summed E-state index contributed by atoms with van der Waals surface area (Å²) >= 11 is 0. The van der Waals surface area contributed by atoms with Gasteiger partial charge in [-0.25, -0.2) is 0 Å². The van der Waals surface area contributed by atoms with E-state index in [-0.39, 0.29) is 5.41 Å². The Labute approximate surface area is 88.6 Å². The molecule has 2 nitrogen and oxygen atoms in total. The maximum absolute atomic E-state index is 4.16. The molecule has 0 spiro atoms. The molecule has 1 fully saturated rings. The number of hydrogen-bond donors (Lipinski definition) is 0. The van der Waals surface area contributed by atoms with Gasteiger partial charge in [-0.2, -0.15) is 0 Å². The molecule has 0 atom stereocenters. The third-order valence-corrected chi connectivity index (χ3v) is 3.26. The zero-order chi connectivity index (χ0) is 11.1. The second kappa shape index (κ2) is 3.27. The maximum atomic E-state index is 4.16. The summed E-state index contributed by atoms with van der Waals surface area (Å²) in [5.74, 6) is 0. The largest absolute Gasteiger partial charge is 0.381 e. The second-order valence-electron chi connectivity index (χ2n) is 5.93. The first-order valence-corrected chi connectivity index (χ1v) is 5.28. The van der Waals surface area contributed by atoms with Crippen LogP contribution in [-0.4, -0.2) is 42.5 Å². The molecule has 1 saturated heterocycles. The van der Waals surface area contributed by atoms with Crippen LogP contribution >= 0.6 is 0 Å². The highest BCUT2D eigenvalue weighted by Gasteiger charge is 2.45. The number of rotatable bonds is 2. The van der Waals surface area contributed by atoms with Crippen molar-refractivity contribution in [3.8, 4) is 0 Å². The van der Waals surface area contributed by atoms with Crippen LogP contribution < -0.4 is 0 Å². The molecule has 1 heterocycles. The highest BCUT2D eigenvalue weighted by atomic mass is 15.3. The molecule has 0 amide bonds. The van der Waals surface area contributed by atoms with Gasteiger partial charge < -0.3 is 4.90 Å². The Balaban J connectivity index is 2.58. The van der Waals surface area contributed by atoms with Crippen molar-refractivity contribution in [1.29, 1.82) is 0 Å². The smallest absolute Gasteiger partial charge is 0.0323 e. The minimum Gasteiger partial charge on any atom is -0.381 e. The number of likely N-dealkylation sites (tertiary alicyclic amines) is 1. The van der Waals surface area contributed by atoms with Crippen LogP contribution in [0.15, 0.2) is 12.3 Å². The van der Waals surface area contributed by atoms with Gasteiger partial charge >= 0.3 is 0 Å². The van der Waals surface area contributed by atoms with Crippen molar-refractivity contribution in [2.75, 3.05) is 27.2 Å². The molecule has 0 N–H and O–H groups in total. The Hall–Kier alpha value is -0.500. The lowest BCUT2D eigenvalue weighted by Gasteiger charge is -2.56. The van der Waals surface area contributed by atoms with Crippen LogP contribution in [-0.2, 0) is 0 Å². The zero-order valence-electron chi connectivity index (χ0n) is 10.5. The summed E-state index contributed by atoms with van der Waals surface area (Å²) in [6, 6.07) is 0. The highest BCUT2D eigenvalue weighted by molar-refractivity contribution is 5.15. The van der Waals surface area contributed by atoms with Crippen molar-refractivity contribution in [1.82, 2.24) is 9.80 Å². The molecular weight excluding hydrogens is 172 g/mol. The van der Waals surface area contributed by atoms with E-state index >= 15 is 0 Å². The maximum Gasteiger partial charge on any atom is 0.0323 e. The van der Waals surface area contributed by atoms with E-state index in [4.69, 9.17) is 0 Å². The SMILES string of the molecule is C=C(N(C)C)C1(C)CN(C(C)(C)C)C1. The van der Waals surface area contributed by atoms with Crippen molar-refractivity contribution in [3.63, 3.8) is 0 Å². The number of hydrogen-bond acceptors (Lipinski definition) is 2. The van der Waals surface area contributed by atoms with Gasteiger partial charge in [0.2, 0.25) is 0 Å². The molecule has 2 heteroatoms. The van der Waals surface area contributed by atoms with Crippen molar-refractivity contribution >= 4 is 0 Å². The average molecular weight is 196 g/mol. The molecule has 0 radical (unpaired) electrons. The van der Waals surface area contributed by atoms with E-state index in [1.54, 1.807) is 0 Å². The molecule has 0 unspecified atom stereocenters. The third-order valence-electron chi connectivity index (χ3n) is 3.26. The van der Waals surface area contributed by atoms with Gasteiger partial charge in [-0.05, 0) is 20.8 Å². The monoisotopic (exact) mass is 196 g/mol. The first-order chi connectivity index (χ1) is 6.17. The molecule has 0 aromatic rings. The quantitative estimate of drug-likeness (QED) is 0.668. The van der Waals surface area contributed by atoms with Crippen LogP contribution in [0.1, 0.15) is 27.7 Å². The van der Waals surface area contributed by atoms with Gasteiger partial charge in [-0.15, -0.1) is 0 Å². The first kappa shape index (κ1) is 11.6. The summed E-state index contributed by atoms with van der Waals surface area (Å²) in [6.45, 7) is 15.5. The lowest BCUT2D eigenvalue weighted by atomic mass is 9.76. The predicted molar refractivity (Wildman–Crippen MR) is 62.3 cm³/mol. The highest BCUT2D eigenvalue weighted by Crippen LogP contribution is 2.40. The van der Waals surface area contributed by atoms with Crippen molar-refractivity contribution < 1.29 is 0 Å². The van der Waals surface area contributed by atoms with Crippen LogP contribution in [0, 0.1) is 5.41 Å². The zero-order valence-corrected chi connectivity index (χ0v) is 10.5. The van der Waals surface area contributed by atoms with Crippen molar-refractivity contribution in [2.24, 2.45) is 5.41 Å². The fourth-order valence-electron chi connectivity index (χ4n) is 1.99. The standard InChI is InChI=1S/C12H24N2/c1-10(13(6)7)12(5)8-14(9-12)11(2,3)4/h1,8-9H2,2-7H3. The Kier molecular flexibility index (Phi) is 2.70. The van der Waals surface area contributed by atoms with Crippen LogP contribution in [0.5, 0.6) is 0 Å². The van der Waals surface area contributed by atoms with Gasteiger partial charge in [0.1, 0.15) is 0 Å². The van der Waals surface area contributed by atoms with E-state index < -0.39 is 0 Å². The van der Waals surface area contributed by atoms with Crippen LogP contribution in [0.25, 0.3) is 0 Å². The first-order valence-electron chi connectivity index (χ1n) is 5.28. The summed E-state index contributed by atoms with van der Waals surface area (Å²) in [5, 5.41) is 0. The summed E-state index contributed by atoms with van der Waals surface area (Å²) in [7, 11) is 4.15. The van der Waals surface area contributed by atoms with Gasteiger partial charge in [-0.3, -0.25) is 4.90 Å². The minimum absolute atomic E-state index is 0.288. The summed E-state index contributed by atoms with van der Waals surface area (Å²) < 4.78 is 0. The molecule has 0 aliphatic carbocycles.